The maximum absolute atomic E-state index is 10.8. The second kappa shape index (κ2) is 5.91. The molecule has 128 valence electrons. The number of non-ortho nitro benzene ring substituents is 1. The standard InChI is InChI=1S/C17H16N4O4/c1-10(17-24-11(2)25-17)15-7-8-18-16-14(9-19-20(15)16)12-3-5-13(6-4-12)21(22)23/h3-11,17H,1-2H3/t10-,11?,17?/m0/s1. The van der Waals surface area contributed by atoms with Gasteiger partial charge in [-0.05, 0) is 30.7 Å². The van der Waals surface area contributed by atoms with Gasteiger partial charge in [-0.2, -0.15) is 5.10 Å². The van der Waals surface area contributed by atoms with Crippen LogP contribution in [0.25, 0.3) is 16.8 Å². The van der Waals surface area contributed by atoms with Gasteiger partial charge in [-0.1, -0.05) is 6.92 Å². The average molecular weight is 340 g/mol. The lowest BCUT2D eigenvalue weighted by atomic mass is 10.1. The van der Waals surface area contributed by atoms with Crippen LogP contribution < -0.4 is 0 Å². The molecule has 1 aliphatic heterocycles. The molecule has 0 unspecified atom stereocenters. The predicted molar refractivity (Wildman–Crippen MR) is 88.9 cm³/mol. The van der Waals surface area contributed by atoms with Gasteiger partial charge in [0.15, 0.2) is 18.2 Å². The van der Waals surface area contributed by atoms with E-state index in [0.717, 1.165) is 16.8 Å². The summed E-state index contributed by atoms with van der Waals surface area (Å²) < 4.78 is 12.9. The Kier molecular flexibility index (Phi) is 3.70. The monoisotopic (exact) mass is 340 g/mol. The minimum atomic E-state index is -0.419. The molecule has 0 spiro atoms. The fraction of sp³-hybridized carbons (Fsp3) is 0.294. The van der Waals surface area contributed by atoms with Crippen LogP contribution in [0.1, 0.15) is 25.5 Å². The minimum absolute atomic E-state index is 0.00805. The van der Waals surface area contributed by atoms with Gasteiger partial charge in [0.1, 0.15) is 0 Å². The first kappa shape index (κ1) is 15.7. The number of fused-ring (bicyclic) bond motifs is 1. The van der Waals surface area contributed by atoms with Crippen molar-refractivity contribution in [1.29, 1.82) is 0 Å². The zero-order chi connectivity index (χ0) is 17.6. The molecular weight excluding hydrogens is 324 g/mol. The van der Waals surface area contributed by atoms with Gasteiger partial charge in [-0.25, -0.2) is 9.50 Å². The van der Waals surface area contributed by atoms with Gasteiger partial charge in [-0.15, -0.1) is 0 Å². The third-order valence-corrected chi connectivity index (χ3v) is 4.35. The van der Waals surface area contributed by atoms with Crippen molar-refractivity contribution in [2.24, 2.45) is 0 Å². The van der Waals surface area contributed by atoms with Crippen LogP contribution in [0.2, 0.25) is 0 Å². The summed E-state index contributed by atoms with van der Waals surface area (Å²) in [6, 6.07) is 8.24. The number of rotatable bonds is 4. The Balaban J connectivity index is 1.72. The smallest absolute Gasteiger partial charge is 0.269 e. The fourth-order valence-electron chi connectivity index (χ4n) is 2.98. The number of ether oxygens (including phenoxy) is 2. The molecule has 8 heteroatoms. The number of aromatic nitrogens is 3. The molecule has 1 fully saturated rings. The van der Waals surface area contributed by atoms with Crippen LogP contribution in [0.3, 0.4) is 0 Å². The summed E-state index contributed by atoms with van der Waals surface area (Å²) in [6.45, 7) is 3.87. The van der Waals surface area contributed by atoms with Crippen LogP contribution in [0, 0.1) is 10.1 Å². The predicted octanol–water partition coefficient (Wildman–Crippen LogP) is 3.13. The molecule has 0 saturated carbocycles. The van der Waals surface area contributed by atoms with Crippen molar-refractivity contribution >= 4 is 11.3 Å². The van der Waals surface area contributed by atoms with E-state index in [-0.39, 0.29) is 24.2 Å². The maximum atomic E-state index is 10.8. The highest BCUT2D eigenvalue weighted by Gasteiger charge is 2.34. The van der Waals surface area contributed by atoms with E-state index in [2.05, 4.69) is 10.1 Å². The Morgan fingerprint density at radius 2 is 1.96 bits per heavy atom. The van der Waals surface area contributed by atoms with Gasteiger partial charge in [0.2, 0.25) is 0 Å². The summed E-state index contributed by atoms with van der Waals surface area (Å²) in [5, 5.41) is 15.2. The Morgan fingerprint density at radius 3 is 2.60 bits per heavy atom. The average Bonchev–Trinajstić information content (AvgIpc) is 3.02. The van der Waals surface area contributed by atoms with Crippen LogP contribution in [-0.2, 0) is 9.47 Å². The zero-order valence-electron chi connectivity index (χ0n) is 13.7. The molecule has 1 aromatic carbocycles. The molecule has 8 nitrogen and oxygen atoms in total. The van der Waals surface area contributed by atoms with Crippen LogP contribution >= 0.6 is 0 Å². The number of hydrogen-bond donors (Lipinski definition) is 0. The molecule has 0 bridgehead atoms. The van der Waals surface area contributed by atoms with Crippen LogP contribution in [0.5, 0.6) is 0 Å². The quantitative estimate of drug-likeness (QED) is 0.535. The second-order valence-electron chi connectivity index (χ2n) is 5.96. The van der Waals surface area contributed by atoms with Gasteiger partial charge < -0.3 is 9.47 Å². The Bertz CT molecular complexity index is 931. The van der Waals surface area contributed by atoms with Gasteiger partial charge in [0, 0.05) is 23.9 Å². The number of hydrogen-bond acceptors (Lipinski definition) is 6. The van der Waals surface area contributed by atoms with Gasteiger partial charge in [0.05, 0.1) is 22.7 Å². The number of benzene rings is 1. The first-order chi connectivity index (χ1) is 12.0. The normalized spacial score (nSPS) is 21.0. The molecule has 0 N–H and O–H groups in total. The van der Waals surface area contributed by atoms with Crippen molar-refractivity contribution in [1.82, 2.24) is 14.6 Å². The molecule has 25 heavy (non-hydrogen) atoms. The van der Waals surface area contributed by atoms with E-state index in [1.165, 1.54) is 12.1 Å². The van der Waals surface area contributed by atoms with Crippen molar-refractivity contribution in [2.75, 3.05) is 0 Å². The van der Waals surface area contributed by atoms with Crippen molar-refractivity contribution in [3.63, 3.8) is 0 Å². The highest BCUT2D eigenvalue weighted by molar-refractivity contribution is 5.77. The van der Waals surface area contributed by atoms with Gasteiger partial charge >= 0.3 is 0 Å². The van der Waals surface area contributed by atoms with Gasteiger partial charge in [0.25, 0.3) is 5.69 Å². The van der Waals surface area contributed by atoms with E-state index in [0.29, 0.717) is 5.65 Å². The van der Waals surface area contributed by atoms with E-state index in [9.17, 15) is 10.1 Å². The second-order valence-corrected chi connectivity index (χ2v) is 5.96. The van der Waals surface area contributed by atoms with E-state index in [4.69, 9.17) is 9.47 Å². The highest BCUT2D eigenvalue weighted by Crippen LogP contribution is 2.32. The van der Waals surface area contributed by atoms with Crippen LogP contribution in [-0.4, -0.2) is 32.1 Å². The molecule has 1 aliphatic rings. The molecule has 1 saturated heterocycles. The summed E-state index contributed by atoms with van der Waals surface area (Å²) in [5.74, 6) is -0.00805. The molecule has 1 atom stereocenters. The number of nitro groups is 1. The third-order valence-electron chi connectivity index (χ3n) is 4.35. The van der Waals surface area contributed by atoms with Crippen LogP contribution in [0.15, 0.2) is 42.7 Å². The van der Waals surface area contributed by atoms with Crippen molar-refractivity contribution < 1.29 is 14.4 Å². The van der Waals surface area contributed by atoms with E-state index >= 15 is 0 Å². The highest BCUT2D eigenvalue weighted by atomic mass is 16.9. The molecular formula is C17H16N4O4. The SMILES string of the molecule is CC1OC([C@@H](C)c2ccnc3c(-c4ccc([N+](=O)[O-])cc4)cnn23)O1. The number of nitrogens with zero attached hydrogens (tertiary/aromatic N) is 4. The maximum Gasteiger partial charge on any atom is 0.269 e. The molecule has 3 aromatic rings. The fourth-order valence-corrected chi connectivity index (χ4v) is 2.98. The lowest BCUT2D eigenvalue weighted by Gasteiger charge is -2.37. The molecule has 0 amide bonds. The summed E-state index contributed by atoms with van der Waals surface area (Å²) in [5.41, 5.74) is 3.30. The minimum Gasteiger partial charge on any atom is -0.323 e. The van der Waals surface area contributed by atoms with Crippen LogP contribution in [0.4, 0.5) is 5.69 Å². The zero-order valence-corrected chi connectivity index (χ0v) is 13.7. The van der Waals surface area contributed by atoms with Crippen molar-refractivity contribution in [2.45, 2.75) is 32.3 Å². The summed E-state index contributed by atoms with van der Waals surface area (Å²) in [4.78, 5) is 14.8. The lowest BCUT2D eigenvalue weighted by Crippen LogP contribution is -2.42. The van der Waals surface area contributed by atoms with Gasteiger partial charge in [-0.3, -0.25) is 10.1 Å². The first-order valence-electron chi connectivity index (χ1n) is 7.93. The molecule has 2 aromatic heterocycles. The molecule has 3 heterocycles. The van der Waals surface area contributed by atoms with Crippen molar-refractivity contribution in [3.05, 3.63) is 58.5 Å². The molecule has 0 aliphatic carbocycles. The van der Waals surface area contributed by atoms with E-state index in [1.807, 2.05) is 19.9 Å². The molecule has 0 radical (unpaired) electrons. The number of nitro benzene ring substituents is 1. The van der Waals surface area contributed by atoms with E-state index in [1.54, 1.807) is 29.0 Å². The summed E-state index contributed by atoms with van der Waals surface area (Å²) in [7, 11) is 0. The third kappa shape index (κ3) is 2.65. The lowest BCUT2D eigenvalue weighted by molar-refractivity contribution is -0.384. The summed E-state index contributed by atoms with van der Waals surface area (Å²) >= 11 is 0. The largest absolute Gasteiger partial charge is 0.323 e. The Labute approximate surface area is 143 Å². The van der Waals surface area contributed by atoms with Crippen molar-refractivity contribution in [3.8, 4) is 11.1 Å². The first-order valence-corrected chi connectivity index (χ1v) is 7.93. The topological polar surface area (TPSA) is 91.8 Å². The summed E-state index contributed by atoms with van der Waals surface area (Å²) in [6.07, 6.45) is 2.95. The Morgan fingerprint density at radius 1 is 1.24 bits per heavy atom. The molecule has 4 rings (SSSR count). The Hall–Kier alpha value is -2.84. The van der Waals surface area contributed by atoms with E-state index < -0.39 is 4.92 Å².